The van der Waals surface area contributed by atoms with Crippen LogP contribution in [0, 0.1) is 11.3 Å². The van der Waals surface area contributed by atoms with Crippen LogP contribution < -0.4 is 26.0 Å². The maximum atomic E-state index is 12.0. The van der Waals surface area contributed by atoms with Crippen LogP contribution in [0.3, 0.4) is 0 Å². The van der Waals surface area contributed by atoms with Crippen molar-refractivity contribution < 1.29 is 9.47 Å². The fourth-order valence-electron chi connectivity index (χ4n) is 2.53. The molecule has 8 heteroatoms. The second-order valence-corrected chi connectivity index (χ2v) is 5.42. The lowest BCUT2D eigenvalue weighted by atomic mass is 10.2. The summed E-state index contributed by atoms with van der Waals surface area (Å²) in [6.07, 6.45) is -0.314. The first-order valence-corrected chi connectivity index (χ1v) is 7.35. The molecule has 1 aliphatic heterocycles. The highest BCUT2D eigenvalue weighted by Gasteiger charge is 2.22. The number of nitrogens with one attached hydrogen (secondary N) is 1. The first-order valence-electron chi connectivity index (χ1n) is 7.35. The Labute approximate surface area is 137 Å². The zero-order chi connectivity index (χ0) is 17.3. The smallest absolute Gasteiger partial charge is 0.332 e. The summed E-state index contributed by atoms with van der Waals surface area (Å²) in [4.78, 5) is 24.1. The molecule has 0 amide bonds. The Kier molecular flexibility index (Phi) is 4.00. The number of aromatic nitrogens is 2. The van der Waals surface area contributed by atoms with E-state index < -0.39 is 11.2 Å². The van der Waals surface area contributed by atoms with Gasteiger partial charge >= 0.3 is 5.69 Å². The Morgan fingerprint density at radius 2 is 1.96 bits per heavy atom. The summed E-state index contributed by atoms with van der Waals surface area (Å²) in [5, 5.41) is 12.2. The van der Waals surface area contributed by atoms with E-state index in [0.717, 1.165) is 4.57 Å². The monoisotopic (exact) mass is 328 g/mol. The first kappa shape index (κ1) is 15.7. The fourth-order valence-corrected chi connectivity index (χ4v) is 2.53. The van der Waals surface area contributed by atoms with Crippen molar-refractivity contribution in [1.82, 2.24) is 9.13 Å². The third-order valence-electron chi connectivity index (χ3n) is 3.84. The Morgan fingerprint density at radius 1 is 1.25 bits per heavy atom. The lowest BCUT2D eigenvalue weighted by Gasteiger charge is -2.27. The Morgan fingerprint density at radius 3 is 2.67 bits per heavy atom. The minimum Gasteiger partial charge on any atom is -0.486 e. The number of rotatable bonds is 3. The maximum absolute atomic E-state index is 12.0. The zero-order valence-corrected chi connectivity index (χ0v) is 13.3. The van der Waals surface area contributed by atoms with E-state index in [2.05, 4.69) is 5.32 Å². The second-order valence-electron chi connectivity index (χ2n) is 5.42. The van der Waals surface area contributed by atoms with E-state index in [1.165, 1.54) is 18.7 Å². The van der Waals surface area contributed by atoms with Crippen LogP contribution >= 0.6 is 0 Å². The van der Waals surface area contributed by atoms with E-state index in [-0.39, 0.29) is 24.0 Å². The van der Waals surface area contributed by atoms with Gasteiger partial charge in [0.05, 0.1) is 6.54 Å². The molecular weight excluding hydrogens is 312 g/mol. The van der Waals surface area contributed by atoms with E-state index in [1.54, 1.807) is 6.07 Å². The average Bonchev–Trinajstić information content (AvgIpc) is 2.61. The molecule has 8 nitrogen and oxygen atoms in total. The molecule has 2 aromatic rings. The lowest BCUT2D eigenvalue weighted by molar-refractivity contribution is 0.0996. The van der Waals surface area contributed by atoms with Crippen LogP contribution in [0.4, 0.5) is 5.82 Å². The van der Waals surface area contributed by atoms with Crippen LogP contribution in [0.1, 0.15) is 5.56 Å². The fraction of sp³-hybridized carbons (Fsp3) is 0.312. The van der Waals surface area contributed by atoms with Crippen LogP contribution in [0.25, 0.3) is 0 Å². The van der Waals surface area contributed by atoms with Crippen LogP contribution in [0.15, 0.2) is 33.9 Å². The molecule has 1 aromatic carbocycles. The van der Waals surface area contributed by atoms with Crippen molar-refractivity contribution in [3.05, 3.63) is 50.7 Å². The van der Waals surface area contributed by atoms with Gasteiger partial charge in [0.1, 0.15) is 24.6 Å². The molecular formula is C16H16N4O4. The molecule has 1 N–H and O–H groups in total. The molecule has 1 atom stereocenters. The number of anilines is 1. The summed E-state index contributed by atoms with van der Waals surface area (Å²) >= 11 is 0. The Hall–Kier alpha value is -3.21. The van der Waals surface area contributed by atoms with Gasteiger partial charge in [0, 0.05) is 14.1 Å². The molecule has 0 unspecified atom stereocenters. The molecule has 124 valence electrons. The van der Waals surface area contributed by atoms with Gasteiger partial charge in [0.25, 0.3) is 5.56 Å². The minimum absolute atomic E-state index is 0.114. The van der Waals surface area contributed by atoms with Crippen molar-refractivity contribution >= 4 is 5.82 Å². The molecule has 0 saturated heterocycles. The lowest BCUT2D eigenvalue weighted by Crippen LogP contribution is -2.41. The topological polar surface area (TPSA) is 98.3 Å². The number of fused-ring (bicyclic) bond motifs is 1. The van der Waals surface area contributed by atoms with Crippen LogP contribution in [0.2, 0.25) is 0 Å². The van der Waals surface area contributed by atoms with Crippen molar-refractivity contribution in [3.63, 3.8) is 0 Å². The Bertz CT molecular complexity index is 939. The predicted molar refractivity (Wildman–Crippen MR) is 86.5 cm³/mol. The van der Waals surface area contributed by atoms with Gasteiger partial charge in [0.2, 0.25) is 0 Å². The van der Waals surface area contributed by atoms with Crippen molar-refractivity contribution in [2.24, 2.45) is 14.1 Å². The highest BCUT2D eigenvalue weighted by molar-refractivity contribution is 5.51. The standard InChI is InChI=1S/C16H16N4O4/c1-19-14(11(7-17)15(21)20(2)16(19)22)18-8-10-9-23-12-5-3-4-6-13(12)24-10/h3-6,10,18H,8-9H2,1-2H3/t10-/m0/s1. The van der Waals surface area contributed by atoms with Gasteiger partial charge in [-0.15, -0.1) is 0 Å². The highest BCUT2D eigenvalue weighted by Crippen LogP contribution is 2.30. The van der Waals surface area contributed by atoms with E-state index in [0.29, 0.717) is 18.1 Å². The molecule has 0 spiro atoms. The minimum atomic E-state index is -0.630. The summed E-state index contributed by atoms with van der Waals surface area (Å²) in [6, 6.07) is 9.17. The number of hydrogen-bond acceptors (Lipinski definition) is 6. The second kappa shape index (κ2) is 6.12. The largest absolute Gasteiger partial charge is 0.486 e. The number of benzene rings is 1. The summed E-state index contributed by atoms with van der Waals surface area (Å²) < 4.78 is 13.6. The van der Waals surface area contributed by atoms with E-state index in [4.69, 9.17) is 9.47 Å². The molecule has 24 heavy (non-hydrogen) atoms. The molecule has 1 aromatic heterocycles. The van der Waals surface area contributed by atoms with Gasteiger partial charge in [0.15, 0.2) is 17.1 Å². The summed E-state index contributed by atoms with van der Waals surface area (Å²) in [7, 11) is 2.84. The van der Waals surface area contributed by atoms with Crippen LogP contribution in [-0.4, -0.2) is 28.4 Å². The van der Waals surface area contributed by atoms with Crippen molar-refractivity contribution in [3.8, 4) is 17.6 Å². The highest BCUT2D eigenvalue weighted by atomic mass is 16.6. The third kappa shape index (κ3) is 2.60. The van der Waals surface area contributed by atoms with Crippen molar-refractivity contribution in [2.75, 3.05) is 18.5 Å². The van der Waals surface area contributed by atoms with E-state index in [1.807, 2.05) is 24.3 Å². The predicted octanol–water partition coefficient (Wildman–Crippen LogP) is 0.208. The molecule has 0 bridgehead atoms. The molecule has 3 rings (SSSR count). The average molecular weight is 328 g/mol. The van der Waals surface area contributed by atoms with Gasteiger partial charge in [-0.25, -0.2) is 4.79 Å². The quantitative estimate of drug-likeness (QED) is 0.865. The third-order valence-corrected chi connectivity index (χ3v) is 3.84. The molecule has 1 aliphatic rings. The molecule has 2 heterocycles. The number of ether oxygens (including phenoxy) is 2. The molecule has 0 fully saturated rings. The summed E-state index contributed by atoms with van der Waals surface area (Å²) in [6.45, 7) is 0.605. The van der Waals surface area contributed by atoms with Crippen molar-refractivity contribution in [2.45, 2.75) is 6.10 Å². The molecule has 0 aliphatic carbocycles. The SMILES string of the molecule is Cn1c(NC[C@H]2COc3ccccc3O2)c(C#N)c(=O)n(C)c1=O. The number of para-hydroxylation sites is 2. The van der Waals surface area contributed by atoms with Gasteiger partial charge < -0.3 is 14.8 Å². The van der Waals surface area contributed by atoms with Crippen LogP contribution in [0.5, 0.6) is 11.5 Å². The number of nitriles is 1. The van der Waals surface area contributed by atoms with Gasteiger partial charge in [-0.05, 0) is 12.1 Å². The van der Waals surface area contributed by atoms with Gasteiger partial charge in [-0.2, -0.15) is 5.26 Å². The van der Waals surface area contributed by atoms with Crippen LogP contribution in [-0.2, 0) is 14.1 Å². The molecule has 0 radical (unpaired) electrons. The molecule has 0 saturated carbocycles. The number of hydrogen-bond donors (Lipinski definition) is 1. The normalized spacial score (nSPS) is 15.6. The summed E-state index contributed by atoms with van der Waals surface area (Å²) in [5.74, 6) is 1.48. The first-order chi connectivity index (χ1) is 11.5. The van der Waals surface area contributed by atoms with Gasteiger partial charge in [-0.1, -0.05) is 12.1 Å². The van der Waals surface area contributed by atoms with Crippen molar-refractivity contribution in [1.29, 1.82) is 5.26 Å². The van der Waals surface area contributed by atoms with E-state index >= 15 is 0 Å². The number of nitrogens with zero attached hydrogens (tertiary/aromatic N) is 3. The van der Waals surface area contributed by atoms with E-state index in [9.17, 15) is 14.9 Å². The zero-order valence-electron chi connectivity index (χ0n) is 13.3. The summed E-state index contributed by atoms with van der Waals surface area (Å²) in [5.41, 5.74) is -1.25. The van der Waals surface area contributed by atoms with Gasteiger partial charge in [-0.3, -0.25) is 13.9 Å². The maximum Gasteiger partial charge on any atom is 0.332 e. The Balaban J connectivity index is 1.83.